The lowest BCUT2D eigenvalue weighted by molar-refractivity contribution is 0.0945. The molecule has 0 saturated heterocycles. The quantitative estimate of drug-likeness (QED) is 0.766. The molecule has 0 unspecified atom stereocenters. The van der Waals surface area contributed by atoms with Crippen molar-refractivity contribution < 1.29 is 13.2 Å². The number of halogens is 1. The van der Waals surface area contributed by atoms with Crippen molar-refractivity contribution >= 4 is 27.2 Å². The molecule has 1 heterocycles. The molecule has 16 heavy (non-hydrogen) atoms. The van der Waals surface area contributed by atoms with Crippen molar-refractivity contribution in [2.75, 3.05) is 6.26 Å². The van der Waals surface area contributed by atoms with Crippen LogP contribution in [-0.2, 0) is 16.9 Å². The van der Waals surface area contributed by atoms with Gasteiger partial charge in [-0.1, -0.05) is 11.6 Å². The first-order valence-corrected chi connectivity index (χ1v) is 6.78. The maximum absolute atomic E-state index is 12.1. The number of carbonyl (C=O) groups is 1. The fourth-order valence-electron chi connectivity index (χ4n) is 1.12. The summed E-state index contributed by atoms with van der Waals surface area (Å²) < 4.78 is 22.8. The van der Waals surface area contributed by atoms with Crippen LogP contribution >= 0.6 is 11.6 Å². The van der Waals surface area contributed by atoms with Crippen LogP contribution in [0.25, 0.3) is 0 Å². The Kier molecular flexibility index (Phi) is 3.17. The highest BCUT2D eigenvalue weighted by Gasteiger charge is 2.41. The van der Waals surface area contributed by atoms with Crippen molar-refractivity contribution in [3.63, 3.8) is 0 Å². The molecule has 90 valence electrons. The predicted octanol–water partition coefficient (Wildman–Crippen LogP) is 1.08. The van der Waals surface area contributed by atoms with Crippen LogP contribution in [0.2, 0.25) is 5.02 Å². The Balaban J connectivity index is 3.34. The highest BCUT2D eigenvalue weighted by molar-refractivity contribution is 7.92. The molecule has 0 aliphatic heterocycles. The molecule has 0 amide bonds. The third kappa shape index (κ3) is 1.99. The van der Waals surface area contributed by atoms with Gasteiger partial charge in [-0.25, -0.2) is 8.42 Å². The molecule has 7 heteroatoms. The van der Waals surface area contributed by atoms with E-state index in [1.54, 1.807) is 0 Å². The predicted molar refractivity (Wildman–Crippen MR) is 61.5 cm³/mol. The summed E-state index contributed by atoms with van der Waals surface area (Å²) in [6.45, 7) is 2.71. The molecule has 5 nitrogen and oxygen atoms in total. The van der Waals surface area contributed by atoms with Crippen LogP contribution in [0, 0.1) is 0 Å². The van der Waals surface area contributed by atoms with Crippen molar-refractivity contribution in [1.82, 2.24) is 9.78 Å². The van der Waals surface area contributed by atoms with E-state index < -0.39 is 20.4 Å². The Bertz CT molecular complexity index is 511. The lowest BCUT2D eigenvalue weighted by Crippen LogP contribution is -2.41. The molecule has 0 N–H and O–H groups in total. The number of sulfone groups is 1. The summed E-state index contributed by atoms with van der Waals surface area (Å²) in [5.74, 6) is -0.556. The molecule has 0 aliphatic rings. The summed E-state index contributed by atoms with van der Waals surface area (Å²) >= 11 is 5.80. The van der Waals surface area contributed by atoms with Crippen LogP contribution in [0.4, 0.5) is 0 Å². The van der Waals surface area contributed by atoms with E-state index in [0.717, 1.165) is 6.26 Å². The number of Topliss-reactive ketones (excluding diaryl/α,β-unsaturated/α-hetero) is 1. The van der Waals surface area contributed by atoms with Crippen LogP contribution in [0.3, 0.4) is 0 Å². The highest BCUT2D eigenvalue weighted by atomic mass is 35.5. The van der Waals surface area contributed by atoms with Gasteiger partial charge >= 0.3 is 0 Å². The maximum atomic E-state index is 12.1. The van der Waals surface area contributed by atoms with Crippen LogP contribution in [-0.4, -0.2) is 35.0 Å². The Morgan fingerprint density at radius 2 is 2.00 bits per heavy atom. The zero-order chi connectivity index (χ0) is 12.7. The lowest BCUT2D eigenvalue weighted by Gasteiger charge is -2.20. The Morgan fingerprint density at radius 3 is 2.31 bits per heavy atom. The molecular formula is C9H13ClN2O3S. The van der Waals surface area contributed by atoms with Crippen LogP contribution in [0.1, 0.15) is 24.3 Å². The fourth-order valence-corrected chi connectivity index (χ4v) is 1.80. The monoisotopic (exact) mass is 264 g/mol. The Morgan fingerprint density at radius 1 is 1.50 bits per heavy atom. The van der Waals surface area contributed by atoms with E-state index in [9.17, 15) is 13.2 Å². The average Bonchev–Trinajstić information content (AvgIpc) is 2.43. The summed E-state index contributed by atoms with van der Waals surface area (Å²) in [5.41, 5.74) is 0.108. The van der Waals surface area contributed by atoms with Gasteiger partial charge in [-0.15, -0.1) is 0 Å². The van der Waals surface area contributed by atoms with Gasteiger partial charge in [0.15, 0.2) is 9.84 Å². The van der Waals surface area contributed by atoms with Crippen LogP contribution in [0.15, 0.2) is 6.20 Å². The van der Waals surface area contributed by atoms with Crippen molar-refractivity contribution in [3.05, 3.63) is 16.9 Å². The number of ketones is 1. The van der Waals surface area contributed by atoms with Crippen molar-refractivity contribution in [2.24, 2.45) is 7.05 Å². The summed E-state index contributed by atoms with van der Waals surface area (Å²) in [7, 11) is -1.97. The van der Waals surface area contributed by atoms with Gasteiger partial charge in [0.05, 0.1) is 11.2 Å². The van der Waals surface area contributed by atoms with Crippen molar-refractivity contribution in [1.29, 1.82) is 0 Å². The second kappa shape index (κ2) is 3.85. The topological polar surface area (TPSA) is 69.0 Å². The second-order valence-corrected chi connectivity index (χ2v) is 7.05. The van der Waals surface area contributed by atoms with E-state index in [1.807, 2.05) is 0 Å². The zero-order valence-corrected chi connectivity index (χ0v) is 11.1. The first-order chi connectivity index (χ1) is 7.09. The van der Waals surface area contributed by atoms with E-state index in [0.29, 0.717) is 0 Å². The standard InChI is InChI=1S/C9H13ClN2O3S/c1-9(2,16(4,14)15)8(13)7-6(10)5-11-12(7)3/h5H,1-4H3. The number of aryl methyl sites for hydroxylation is 1. The molecular weight excluding hydrogens is 252 g/mol. The largest absolute Gasteiger partial charge is 0.291 e. The Labute approximate surface area is 99.3 Å². The molecule has 0 aromatic carbocycles. The molecule has 0 saturated carbocycles. The fraction of sp³-hybridized carbons (Fsp3) is 0.556. The van der Waals surface area contributed by atoms with E-state index in [-0.39, 0.29) is 10.7 Å². The van der Waals surface area contributed by atoms with Crippen LogP contribution in [0.5, 0.6) is 0 Å². The van der Waals surface area contributed by atoms with Crippen molar-refractivity contribution in [2.45, 2.75) is 18.6 Å². The number of carbonyl (C=O) groups excluding carboxylic acids is 1. The van der Waals surface area contributed by atoms with Gasteiger partial charge in [0.25, 0.3) is 0 Å². The zero-order valence-electron chi connectivity index (χ0n) is 9.48. The number of hydrogen-bond donors (Lipinski definition) is 0. The summed E-state index contributed by atoms with van der Waals surface area (Å²) in [6.07, 6.45) is 2.34. The number of rotatable bonds is 3. The first-order valence-electron chi connectivity index (χ1n) is 4.51. The molecule has 0 aliphatic carbocycles. The van der Waals surface area contributed by atoms with Gasteiger partial charge in [0.2, 0.25) is 5.78 Å². The SMILES string of the molecule is Cn1ncc(Cl)c1C(=O)C(C)(C)S(C)(=O)=O. The smallest absolute Gasteiger partial charge is 0.202 e. The molecule has 1 aromatic heterocycles. The highest BCUT2D eigenvalue weighted by Crippen LogP contribution is 2.25. The van der Waals surface area contributed by atoms with Crippen molar-refractivity contribution in [3.8, 4) is 0 Å². The molecule has 1 aromatic rings. The van der Waals surface area contributed by atoms with Gasteiger partial charge in [-0.05, 0) is 13.8 Å². The third-order valence-electron chi connectivity index (χ3n) is 2.58. The molecule has 0 bridgehead atoms. The minimum Gasteiger partial charge on any atom is -0.291 e. The van der Waals surface area contributed by atoms with E-state index in [2.05, 4.69) is 5.10 Å². The number of aromatic nitrogens is 2. The Hall–Kier alpha value is -0.880. The van der Waals surface area contributed by atoms with Crippen LogP contribution < -0.4 is 0 Å². The van der Waals surface area contributed by atoms with Gasteiger partial charge in [-0.3, -0.25) is 9.48 Å². The normalized spacial score (nSPS) is 12.8. The van der Waals surface area contributed by atoms with Gasteiger partial charge in [0, 0.05) is 13.3 Å². The van der Waals surface area contributed by atoms with E-state index in [1.165, 1.54) is 31.8 Å². The summed E-state index contributed by atoms with van der Waals surface area (Å²) in [6, 6.07) is 0. The summed E-state index contributed by atoms with van der Waals surface area (Å²) in [5, 5.41) is 3.96. The molecule has 0 radical (unpaired) electrons. The maximum Gasteiger partial charge on any atom is 0.202 e. The third-order valence-corrected chi connectivity index (χ3v) is 4.90. The molecule has 0 fully saturated rings. The molecule has 0 spiro atoms. The van der Waals surface area contributed by atoms with E-state index in [4.69, 9.17) is 11.6 Å². The van der Waals surface area contributed by atoms with Gasteiger partial charge in [-0.2, -0.15) is 5.10 Å². The van der Waals surface area contributed by atoms with E-state index >= 15 is 0 Å². The number of nitrogens with zero attached hydrogens (tertiary/aromatic N) is 2. The lowest BCUT2D eigenvalue weighted by atomic mass is 10.1. The molecule has 1 rings (SSSR count). The van der Waals surface area contributed by atoms with Gasteiger partial charge < -0.3 is 0 Å². The second-order valence-electron chi connectivity index (χ2n) is 4.08. The first kappa shape index (κ1) is 13.2. The van der Waals surface area contributed by atoms with Gasteiger partial charge in [0.1, 0.15) is 10.4 Å². The minimum atomic E-state index is -3.51. The minimum absolute atomic E-state index is 0.108. The number of hydrogen-bond acceptors (Lipinski definition) is 4. The average molecular weight is 265 g/mol. The summed E-state index contributed by atoms with van der Waals surface area (Å²) in [4.78, 5) is 12.1. The molecule has 0 atom stereocenters.